The van der Waals surface area contributed by atoms with Gasteiger partial charge in [0.05, 0.1) is 12.8 Å². The second-order valence-electron chi connectivity index (χ2n) is 7.10. The van der Waals surface area contributed by atoms with E-state index in [2.05, 4.69) is 48.9 Å². The summed E-state index contributed by atoms with van der Waals surface area (Å²) in [6.45, 7) is 8.25. The Kier molecular flexibility index (Phi) is 7.57. The van der Waals surface area contributed by atoms with Crippen molar-refractivity contribution in [2.75, 3.05) is 44.7 Å². The van der Waals surface area contributed by atoms with E-state index in [1.54, 1.807) is 7.11 Å². The summed E-state index contributed by atoms with van der Waals surface area (Å²) in [6.07, 6.45) is 2.19. The summed E-state index contributed by atoms with van der Waals surface area (Å²) >= 11 is 0. The summed E-state index contributed by atoms with van der Waals surface area (Å²) in [4.78, 5) is 9.56. The first-order chi connectivity index (χ1) is 13.8. The molecule has 0 atom stereocenters. The lowest BCUT2D eigenvalue weighted by atomic mass is 10.2. The van der Waals surface area contributed by atoms with Crippen LogP contribution in [0, 0.1) is 0 Å². The summed E-state index contributed by atoms with van der Waals surface area (Å²) in [5.74, 6) is 3.95. The van der Waals surface area contributed by atoms with Gasteiger partial charge < -0.3 is 24.4 Å². The zero-order valence-electron chi connectivity index (χ0n) is 17.2. The third-order valence-corrected chi connectivity index (χ3v) is 5.40. The van der Waals surface area contributed by atoms with Crippen LogP contribution < -0.4 is 15.0 Å². The van der Waals surface area contributed by atoms with Gasteiger partial charge in [-0.25, -0.2) is 4.99 Å². The average molecular weight is 511 g/mol. The Morgan fingerprint density at radius 1 is 1.14 bits per heavy atom. The molecule has 2 aliphatic heterocycles. The molecule has 0 saturated carbocycles. The normalized spacial score (nSPS) is 16.4. The van der Waals surface area contributed by atoms with Crippen LogP contribution in [0.1, 0.15) is 25.0 Å². The standard InChI is InChI=1S/C20H29N7O.HI/c1-3-21-20(22-15-19-24-23-18-9-6-10-27(18)19)26-13-11-25(12-14-26)16-7-4-5-8-17(16)28-2;/h4-5,7-8H,3,6,9-15H2,1-2H3,(H,21,22);1H. The zero-order valence-corrected chi connectivity index (χ0v) is 19.5. The van der Waals surface area contributed by atoms with Gasteiger partial charge in [-0.15, -0.1) is 34.2 Å². The van der Waals surface area contributed by atoms with Crippen molar-refractivity contribution in [3.05, 3.63) is 35.9 Å². The van der Waals surface area contributed by atoms with E-state index < -0.39 is 0 Å². The lowest BCUT2D eigenvalue weighted by Gasteiger charge is -2.38. The lowest BCUT2D eigenvalue weighted by Crippen LogP contribution is -2.52. The maximum absolute atomic E-state index is 5.52. The number of para-hydroxylation sites is 2. The number of rotatable bonds is 5. The highest BCUT2D eigenvalue weighted by molar-refractivity contribution is 14.0. The molecule has 1 aromatic heterocycles. The zero-order chi connectivity index (χ0) is 19.3. The van der Waals surface area contributed by atoms with Crippen molar-refractivity contribution in [2.45, 2.75) is 32.9 Å². The van der Waals surface area contributed by atoms with Gasteiger partial charge in [0, 0.05) is 45.7 Å². The molecular formula is C20H30IN7O. The Morgan fingerprint density at radius 2 is 1.93 bits per heavy atom. The Balaban J connectivity index is 0.00000240. The van der Waals surface area contributed by atoms with Crippen LogP contribution in [0.3, 0.4) is 0 Å². The molecule has 1 N–H and O–H groups in total. The monoisotopic (exact) mass is 511 g/mol. The van der Waals surface area contributed by atoms with Crippen LogP contribution in [0.15, 0.2) is 29.3 Å². The molecule has 1 saturated heterocycles. The third kappa shape index (κ3) is 4.76. The van der Waals surface area contributed by atoms with E-state index in [1.165, 1.54) is 0 Å². The largest absolute Gasteiger partial charge is 0.495 e. The topological polar surface area (TPSA) is 70.8 Å². The molecule has 3 heterocycles. The number of aryl methyl sites for hydroxylation is 1. The highest BCUT2D eigenvalue weighted by Gasteiger charge is 2.22. The molecule has 2 aromatic rings. The maximum Gasteiger partial charge on any atom is 0.194 e. The molecule has 0 unspecified atom stereocenters. The number of methoxy groups -OCH3 is 1. The number of benzene rings is 1. The predicted molar refractivity (Wildman–Crippen MR) is 125 cm³/mol. The molecule has 0 amide bonds. The molecule has 9 heteroatoms. The fourth-order valence-electron chi connectivity index (χ4n) is 3.95. The van der Waals surface area contributed by atoms with Crippen LogP contribution in [0.2, 0.25) is 0 Å². The SMILES string of the molecule is CCNC(=NCc1nnc2n1CCC2)N1CCN(c2ccccc2OC)CC1.I. The Labute approximate surface area is 189 Å². The number of halogens is 1. The average Bonchev–Trinajstić information content (AvgIpc) is 3.36. The minimum Gasteiger partial charge on any atom is -0.495 e. The van der Waals surface area contributed by atoms with Crippen molar-refractivity contribution in [3.8, 4) is 5.75 Å². The molecule has 0 spiro atoms. The van der Waals surface area contributed by atoms with Crippen molar-refractivity contribution in [1.29, 1.82) is 0 Å². The highest BCUT2D eigenvalue weighted by atomic mass is 127. The summed E-state index contributed by atoms with van der Waals surface area (Å²) in [7, 11) is 1.73. The van der Waals surface area contributed by atoms with Crippen LogP contribution in [-0.4, -0.2) is 65.5 Å². The molecule has 0 aliphatic carbocycles. The summed E-state index contributed by atoms with van der Waals surface area (Å²) < 4.78 is 7.74. The van der Waals surface area contributed by atoms with Gasteiger partial charge in [0.2, 0.25) is 0 Å². The fourth-order valence-corrected chi connectivity index (χ4v) is 3.95. The van der Waals surface area contributed by atoms with E-state index in [0.29, 0.717) is 6.54 Å². The number of hydrogen-bond donors (Lipinski definition) is 1. The first kappa shape index (κ1) is 21.7. The molecule has 1 fully saturated rings. The Morgan fingerprint density at radius 3 is 2.69 bits per heavy atom. The van der Waals surface area contributed by atoms with Crippen LogP contribution in [-0.2, 0) is 19.5 Å². The molecule has 4 rings (SSSR count). The second kappa shape index (κ2) is 10.1. The van der Waals surface area contributed by atoms with Crippen molar-refractivity contribution in [2.24, 2.45) is 4.99 Å². The molecule has 1 aromatic carbocycles. The van der Waals surface area contributed by atoms with E-state index in [9.17, 15) is 0 Å². The quantitative estimate of drug-likeness (QED) is 0.377. The van der Waals surface area contributed by atoms with Gasteiger partial charge in [0.1, 0.15) is 18.1 Å². The van der Waals surface area contributed by atoms with Gasteiger partial charge in [-0.1, -0.05) is 12.1 Å². The molecule has 8 nitrogen and oxygen atoms in total. The number of aromatic nitrogens is 3. The number of piperazine rings is 1. The number of fused-ring (bicyclic) bond motifs is 1. The minimum absolute atomic E-state index is 0. The van der Waals surface area contributed by atoms with Crippen molar-refractivity contribution >= 4 is 35.6 Å². The Hall–Kier alpha value is -2.04. The molecule has 0 bridgehead atoms. The molecule has 158 valence electrons. The van der Waals surface area contributed by atoms with E-state index in [-0.39, 0.29) is 24.0 Å². The highest BCUT2D eigenvalue weighted by Crippen LogP contribution is 2.28. The van der Waals surface area contributed by atoms with E-state index in [1.807, 2.05) is 12.1 Å². The van der Waals surface area contributed by atoms with Crippen LogP contribution in [0.5, 0.6) is 5.75 Å². The number of hydrogen-bond acceptors (Lipinski definition) is 5. The van der Waals surface area contributed by atoms with Crippen molar-refractivity contribution in [1.82, 2.24) is 25.0 Å². The van der Waals surface area contributed by atoms with Crippen LogP contribution in [0.4, 0.5) is 5.69 Å². The van der Waals surface area contributed by atoms with Gasteiger partial charge in [-0.3, -0.25) is 0 Å². The van der Waals surface area contributed by atoms with Crippen molar-refractivity contribution in [3.63, 3.8) is 0 Å². The molecule has 0 radical (unpaired) electrons. The van der Waals surface area contributed by atoms with E-state index >= 15 is 0 Å². The first-order valence-electron chi connectivity index (χ1n) is 10.1. The number of ether oxygens (including phenoxy) is 1. The first-order valence-corrected chi connectivity index (χ1v) is 10.1. The number of guanidine groups is 1. The van der Waals surface area contributed by atoms with Crippen LogP contribution >= 0.6 is 24.0 Å². The predicted octanol–water partition coefficient (Wildman–Crippen LogP) is 2.14. The summed E-state index contributed by atoms with van der Waals surface area (Å²) in [6, 6.07) is 8.21. The lowest BCUT2D eigenvalue weighted by molar-refractivity contribution is 0.367. The van der Waals surface area contributed by atoms with Gasteiger partial charge in [-0.2, -0.15) is 0 Å². The number of nitrogens with one attached hydrogen (secondary N) is 1. The molecule has 29 heavy (non-hydrogen) atoms. The van der Waals surface area contributed by atoms with Gasteiger partial charge >= 0.3 is 0 Å². The van der Waals surface area contributed by atoms with Gasteiger partial charge in [0.25, 0.3) is 0 Å². The van der Waals surface area contributed by atoms with E-state index in [4.69, 9.17) is 9.73 Å². The fraction of sp³-hybridized carbons (Fsp3) is 0.550. The third-order valence-electron chi connectivity index (χ3n) is 5.40. The summed E-state index contributed by atoms with van der Waals surface area (Å²) in [5, 5.41) is 12.0. The Bertz CT molecular complexity index is 830. The number of nitrogens with zero attached hydrogens (tertiary/aromatic N) is 6. The minimum atomic E-state index is 0. The number of anilines is 1. The summed E-state index contributed by atoms with van der Waals surface area (Å²) in [5.41, 5.74) is 1.16. The molecule has 2 aliphatic rings. The molecular weight excluding hydrogens is 481 g/mol. The van der Waals surface area contributed by atoms with Gasteiger partial charge in [-0.05, 0) is 25.5 Å². The second-order valence-corrected chi connectivity index (χ2v) is 7.10. The maximum atomic E-state index is 5.52. The number of aliphatic imine (C=N–C) groups is 1. The van der Waals surface area contributed by atoms with E-state index in [0.717, 1.165) is 81.2 Å². The van der Waals surface area contributed by atoms with Gasteiger partial charge in [0.15, 0.2) is 11.8 Å². The van der Waals surface area contributed by atoms with Crippen LogP contribution in [0.25, 0.3) is 0 Å². The van der Waals surface area contributed by atoms with Crippen molar-refractivity contribution < 1.29 is 4.74 Å². The smallest absolute Gasteiger partial charge is 0.194 e.